The zero-order valence-corrected chi connectivity index (χ0v) is 15.7. The lowest BCUT2D eigenvalue weighted by Gasteiger charge is -2.23. The fourth-order valence-corrected chi connectivity index (χ4v) is 3.34. The van der Waals surface area contributed by atoms with Gasteiger partial charge >= 0.3 is 0 Å². The molecule has 0 aromatic heterocycles. The normalized spacial score (nSPS) is 14.9. The maximum absolute atomic E-state index is 9.70. The second-order valence-corrected chi connectivity index (χ2v) is 7.04. The molecule has 0 fully saturated rings. The van der Waals surface area contributed by atoms with Crippen molar-refractivity contribution in [3.8, 4) is 18.2 Å². The Morgan fingerprint density at radius 3 is 2.19 bits per heavy atom. The summed E-state index contributed by atoms with van der Waals surface area (Å²) in [6.45, 7) is 3.66. The number of ether oxygens (including phenoxy) is 1. The minimum atomic E-state index is -0.823. The summed E-state index contributed by atoms with van der Waals surface area (Å²) < 4.78 is 5.86. The molecule has 2 aromatic rings. The van der Waals surface area contributed by atoms with Crippen molar-refractivity contribution >= 4 is 22.0 Å². The lowest BCUT2D eigenvalue weighted by atomic mass is 9.88. The number of anilines is 1. The Morgan fingerprint density at radius 1 is 0.963 bits per heavy atom. The monoisotopic (exact) mass is 354 g/mol. The molecule has 1 aliphatic rings. The first-order chi connectivity index (χ1) is 12.8. The highest BCUT2D eigenvalue weighted by Crippen LogP contribution is 2.45. The zero-order valence-electron chi connectivity index (χ0n) is 15.7. The van der Waals surface area contributed by atoms with Crippen LogP contribution in [-0.2, 0) is 4.74 Å². The Balaban J connectivity index is 2.24. The van der Waals surface area contributed by atoms with Crippen LogP contribution in [0.2, 0.25) is 0 Å². The largest absolute Gasteiger partial charge is 0.480 e. The molecule has 5 nitrogen and oxygen atoms in total. The van der Waals surface area contributed by atoms with E-state index in [0.717, 1.165) is 22.0 Å². The number of nitrogens with zero attached hydrogens (tertiary/aromatic N) is 4. The lowest BCUT2D eigenvalue weighted by Crippen LogP contribution is -2.21. The summed E-state index contributed by atoms with van der Waals surface area (Å²) in [5.74, 6) is 0.0607. The fourth-order valence-electron chi connectivity index (χ4n) is 3.34. The number of allylic oxidation sites excluding steroid dienone is 2. The number of nitriles is 3. The number of hydrogen-bond acceptors (Lipinski definition) is 5. The summed E-state index contributed by atoms with van der Waals surface area (Å²) in [7, 11) is 3.99. The van der Waals surface area contributed by atoms with Gasteiger partial charge in [-0.3, -0.25) is 0 Å². The standard InChI is InChI=1S/C22H18N4O/c1-22(2)20(19(13-25)21(27-22)17(11-23)12-24)16-6-5-15-10-18(26(3)4)8-7-14(15)9-16/h5-10H,1-4H3. The molecule has 0 spiro atoms. The number of rotatable bonds is 2. The summed E-state index contributed by atoms with van der Waals surface area (Å²) >= 11 is 0. The maximum atomic E-state index is 9.70. The van der Waals surface area contributed by atoms with Crippen molar-refractivity contribution in [1.29, 1.82) is 15.8 Å². The molecule has 0 unspecified atom stereocenters. The van der Waals surface area contributed by atoms with E-state index in [1.54, 1.807) is 0 Å². The molecule has 0 radical (unpaired) electrons. The first-order valence-electron chi connectivity index (χ1n) is 8.42. The third-order valence-corrected chi connectivity index (χ3v) is 4.63. The van der Waals surface area contributed by atoms with Crippen LogP contribution in [0.4, 0.5) is 5.69 Å². The van der Waals surface area contributed by atoms with Crippen molar-refractivity contribution in [2.45, 2.75) is 19.4 Å². The van der Waals surface area contributed by atoms with Gasteiger partial charge in [-0.15, -0.1) is 0 Å². The van der Waals surface area contributed by atoms with Crippen LogP contribution in [0.25, 0.3) is 16.3 Å². The van der Waals surface area contributed by atoms with Gasteiger partial charge in [-0.05, 0) is 48.4 Å². The van der Waals surface area contributed by atoms with E-state index >= 15 is 0 Å². The summed E-state index contributed by atoms with van der Waals surface area (Å²) in [6.07, 6.45) is 0. The molecule has 0 saturated carbocycles. The highest BCUT2D eigenvalue weighted by atomic mass is 16.5. The highest BCUT2D eigenvalue weighted by molar-refractivity contribution is 5.92. The van der Waals surface area contributed by atoms with E-state index in [1.807, 2.05) is 75.3 Å². The van der Waals surface area contributed by atoms with Gasteiger partial charge in [0.1, 0.15) is 29.4 Å². The van der Waals surface area contributed by atoms with Gasteiger partial charge in [-0.25, -0.2) is 0 Å². The molecule has 3 rings (SSSR count). The predicted octanol–water partition coefficient (Wildman–Crippen LogP) is 4.29. The number of benzene rings is 2. The topological polar surface area (TPSA) is 83.8 Å². The van der Waals surface area contributed by atoms with Gasteiger partial charge in [0.2, 0.25) is 0 Å². The van der Waals surface area contributed by atoms with Gasteiger partial charge in [0.25, 0.3) is 0 Å². The Hall–Kier alpha value is -3.75. The van der Waals surface area contributed by atoms with Gasteiger partial charge in [0, 0.05) is 25.4 Å². The molecule has 0 atom stereocenters. The smallest absolute Gasteiger partial charge is 0.172 e. The average molecular weight is 354 g/mol. The van der Waals surface area contributed by atoms with Crippen LogP contribution in [0.1, 0.15) is 19.4 Å². The van der Waals surface area contributed by atoms with E-state index in [9.17, 15) is 15.8 Å². The van der Waals surface area contributed by atoms with Crippen LogP contribution in [-0.4, -0.2) is 19.7 Å². The van der Waals surface area contributed by atoms with Crippen LogP contribution in [0, 0.1) is 34.0 Å². The summed E-state index contributed by atoms with van der Waals surface area (Å²) in [5.41, 5.74) is 1.85. The van der Waals surface area contributed by atoms with Crippen molar-refractivity contribution in [3.05, 3.63) is 58.9 Å². The minimum Gasteiger partial charge on any atom is -0.480 e. The van der Waals surface area contributed by atoms with Crippen molar-refractivity contribution < 1.29 is 4.74 Å². The molecule has 132 valence electrons. The van der Waals surface area contributed by atoms with Gasteiger partial charge in [0.15, 0.2) is 11.3 Å². The Labute approximate surface area is 158 Å². The predicted molar refractivity (Wildman–Crippen MR) is 104 cm³/mol. The molecule has 1 aliphatic heterocycles. The maximum Gasteiger partial charge on any atom is 0.172 e. The lowest BCUT2D eigenvalue weighted by molar-refractivity contribution is 0.109. The SMILES string of the molecule is CN(C)c1ccc2cc(C3=C(C#N)C(=C(C#N)C#N)OC3(C)C)ccc2c1. The van der Waals surface area contributed by atoms with Gasteiger partial charge < -0.3 is 9.64 Å². The summed E-state index contributed by atoms with van der Waals surface area (Å²) in [6, 6.07) is 17.9. The van der Waals surface area contributed by atoms with Crippen LogP contribution in [0.15, 0.2) is 53.3 Å². The zero-order chi connectivity index (χ0) is 19.8. The van der Waals surface area contributed by atoms with Crippen LogP contribution < -0.4 is 4.90 Å². The van der Waals surface area contributed by atoms with E-state index in [1.165, 1.54) is 0 Å². The van der Waals surface area contributed by atoms with Crippen molar-refractivity contribution in [3.63, 3.8) is 0 Å². The summed E-state index contributed by atoms with van der Waals surface area (Å²) in [5, 5.41) is 30.2. The van der Waals surface area contributed by atoms with Crippen molar-refractivity contribution in [1.82, 2.24) is 0 Å². The molecule has 0 aliphatic carbocycles. The second-order valence-electron chi connectivity index (χ2n) is 7.04. The number of fused-ring (bicyclic) bond motifs is 1. The molecule has 27 heavy (non-hydrogen) atoms. The second kappa shape index (κ2) is 6.52. The molecule has 0 bridgehead atoms. The molecule has 0 amide bonds. The Kier molecular flexibility index (Phi) is 4.36. The van der Waals surface area contributed by atoms with E-state index in [0.29, 0.717) is 5.57 Å². The third-order valence-electron chi connectivity index (χ3n) is 4.63. The molecule has 5 heteroatoms. The average Bonchev–Trinajstić information content (AvgIpc) is 2.92. The minimum absolute atomic E-state index is 0.0607. The van der Waals surface area contributed by atoms with Gasteiger partial charge in [-0.1, -0.05) is 18.2 Å². The quantitative estimate of drug-likeness (QED) is 0.751. The number of hydrogen-bond donors (Lipinski definition) is 0. The molecule has 2 aromatic carbocycles. The molecule has 0 N–H and O–H groups in total. The van der Waals surface area contributed by atoms with Crippen molar-refractivity contribution in [2.75, 3.05) is 19.0 Å². The Morgan fingerprint density at radius 2 is 1.59 bits per heavy atom. The molecular weight excluding hydrogens is 336 g/mol. The molecule has 1 heterocycles. The van der Waals surface area contributed by atoms with E-state index in [2.05, 4.69) is 12.1 Å². The fraction of sp³-hybridized carbons (Fsp3) is 0.227. The van der Waals surface area contributed by atoms with E-state index < -0.39 is 5.60 Å². The van der Waals surface area contributed by atoms with Crippen LogP contribution in [0.5, 0.6) is 0 Å². The summed E-state index contributed by atoms with van der Waals surface area (Å²) in [4.78, 5) is 2.04. The Bertz CT molecular complexity index is 1120. The third kappa shape index (κ3) is 2.99. The van der Waals surface area contributed by atoms with Crippen molar-refractivity contribution in [2.24, 2.45) is 0 Å². The van der Waals surface area contributed by atoms with Gasteiger partial charge in [0.05, 0.1) is 0 Å². The first-order valence-corrected chi connectivity index (χ1v) is 8.42. The van der Waals surface area contributed by atoms with E-state index in [-0.39, 0.29) is 16.9 Å². The van der Waals surface area contributed by atoms with E-state index in [4.69, 9.17) is 4.74 Å². The molecule has 0 saturated heterocycles. The van der Waals surface area contributed by atoms with Crippen LogP contribution >= 0.6 is 0 Å². The van der Waals surface area contributed by atoms with Gasteiger partial charge in [-0.2, -0.15) is 15.8 Å². The highest BCUT2D eigenvalue weighted by Gasteiger charge is 2.40. The van der Waals surface area contributed by atoms with Crippen LogP contribution in [0.3, 0.4) is 0 Å². The molecular formula is C22H18N4O. The first kappa shape index (κ1) is 18.1.